The van der Waals surface area contributed by atoms with Crippen LogP contribution in [-0.2, 0) is 6.61 Å². The lowest BCUT2D eigenvalue weighted by Gasteiger charge is -2.04. The van der Waals surface area contributed by atoms with Gasteiger partial charge in [-0.3, -0.25) is 10.1 Å². The molecule has 1 aromatic carbocycles. The van der Waals surface area contributed by atoms with Crippen molar-refractivity contribution >= 4 is 38.1 Å². The van der Waals surface area contributed by atoms with Crippen LogP contribution in [0, 0.1) is 10.1 Å². The SMILES string of the molecule is CCNc1nnc(COc2cc(Br)cc([N+](=O)[O-])c2)s1. The van der Waals surface area contributed by atoms with Gasteiger partial charge >= 0.3 is 0 Å². The Morgan fingerprint density at radius 2 is 2.25 bits per heavy atom. The Bertz CT molecular complexity index is 619. The Labute approximate surface area is 127 Å². The van der Waals surface area contributed by atoms with Crippen LogP contribution in [0.25, 0.3) is 0 Å². The molecule has 0 unspecified atom stereocenters. The third-order valence-electron chi connectivity index (χ3n) is 2.22. The van der Waals surface area contributed by atoms with Gasteiger partial charge in [-0.05, 0) is 13.0 Å². The molecular formula is C11H11BrN4O3S. The second-order valence-electron chi connectivity index (χ2n) is 3.72. The number of aromatic nitrogens is 2. The topological polar surface area (TPSA) is 90.2 Å². The van der Waals surface area contributed by atoms with Crippen LogP contribution < -0.4 is 10.1 Å². The minimum atomic E-state index is -0.466. The highest BCUT2D eigenvalue weighted by molar-refractivity contribution is 9.10. The fourth-order valence-electron chi connectivity index (χ4n) is 1.42. The molecule has 0 saturated heterocycles. The zero-order chi connectivity index (χ0) is 14.5. The summed E-state index contributed by atoms with van der Waals surface area (Å²) < 4.78 is 6.09. The molecule has 0 aliphatic carbocycles. The Balaban J connectivity index is 2.04. The van der Waals surface area contributed by atoms with E-state index in [1.807, 2.05) is 6.92 Å². The van der Waals surface area contributed by atoms with E-state index in [0.29, 0.717) is 15.2 Å². The largest absolute Gasteiger partial charge is 0.486 e. The van der Waals surface area contributed by atoms with Crippen LogP contribution in [0.2, 0.25) is 0 Å². The number of rotatable bonds is 6. The molecule has 1 aromatic heterocycles. The summed E-state index contributed by atoms with van der Waals surface area (Å²) in [5, 5.41) is 23.1. The smallest absolute Gasteiger partial charge is 0.274 e. The third kappa shape index (κ3) is 3.87. The van der Waals surface area contributed by atoms with Crippen LogP contribution >= 0.6 is 27.3 Å². The van der Waals surface area contributed by atoms with Crippen LogP contribution in [0.15, 0.2) is 22.7 Å². The number of nitrogens with one attached hydrogen (secondary N) is 1. The lowest BCUT2D eigenvalue weighted by molar-refractivity contribution is -0.385. The fraction of sp³-hybridized carbons (Fsp3) is 0.273. The van der Waals surface area contributed by atoms with Gasteiger partial charge in [0.15, 0.2) is 5.01 Å². The maximum absolute atomic E-state index is 10.8. The number of halogens is 1. The zero-order valence-corrected chi connectivity index (χ0v) is 12.9. The van der Waals surface area contributed by atoms with Gasteiger partial charge in [-0.15, -0.1) is 10.2 Å². The van der Waals surface area contributed by atoms with E-state index < -0.39 is 4.92 Å². The maximum atomic E-state index is 10.8. The second-order valence-corrected chi connectivity index (χ2v) is 5.70. The summed E-state index contributed by atoms with van der Waals surface area (Å²) in [6, 6.07) is 4.46. The van der Waals surface area contributed by atoms with Gasteiger partial charge in [0.05, 0.1) is 11.0 Å². The number of ether oxygens (including phenoxy) is 1. The van der Waals surface area contributed by atoms with Gasteiger partial charge in [-0.25, -0.2) is 0 Å². The van der Waals surface area contributed by atoms with Crippen LogP contribution in [-0.4, -0.2) is 21.7 Å². The van der Waals surface area contributed by atoms with Gasteiger partial charge in [0.25, 0.3) is 5.69 Å². The highest BCUT2D eigenvalue weighted by Gasteiger charge is 2.10. The van der Waals surface area contributed by atoms with Crippen molar-refractivity contribution < 1.29 is 9.66 Å². The van der Waals surface area contributed by atoms with Gasteiger partial charge < -0.3 is 10.1 Å². The molecule has 1 N–H and O–H groups in total. The Hall–Kier alpha value is -1.74. The molecule has 0 aliphatic rings. The molecule has 1 heterocycles. The number of hydrogen-bond acceptors (Lipinski definition) is 7. The first-order valence-corrected chi connectivity index (χ1v) is 7.33. The number of benzene rings is 1. The molecule has 0 aliphatic heterocycles. The molecule has 106 valence electrons. The predicted molar refractivity (Wildman–Crippen MR) is 79.2 cm³/mol. The standard InChI is InChI=1S/C11H11BrN4O3S/c1-2-13-11-15-14-10(20-11)6-19-9-4-7(12)3-8(5-9)16(17)18/h3-5H,2,6H2,1H3,(H,13,15). The molecule has 2 rings (SSSR count). The third-order valence-corrected chi connectivity index (χ3v) is 3.54. The van der Waals surface area contributed by atoms with Crippen molar-refractivity contribution in [1.29, 1.82) is 0 Å². The molecule has 0 amide bonds. The second kappa shape index (κ2) is 6.62. The molecule has 0 fully saturated rings. The predicted octanol–water partition coefficient (Wildman–Crippen LogP) is 3.22. The van der Waals surface area contributed by atoms with Crippen molar-refractivity contribution in [3.63, 3.8) is 0 Å². The van der Waals surface area contributed by atoms with Gasteiger partial charge in [0.2, 0.25) is 5.13 Å². The van der Waals surface area contributed by atoms with Gasteiger partial charge in [0, 0.05) is 17.1 Å². The number of hydrogen-bond donors (Lipinski definition) is 1. The quantitative estimate of drug-likeness (QED) is 0.629. The van der Waals surface area contributed by atoms with Crippen LogP contribution in [0.5, 0.6) is 5.75 Å². The number of nitro benzene ring substituents is 1. The highest BCUT2D eigenvalue weighted by atomic mass is 79.9. The van der Waals surface area contributed by atoms with Crippen LogP contribution in [0.1, 0.15) is 11.9 Å². The molecule has 0 atom stereocenters. The Morgan fingerprint density at radius 1 is 1.45 bits per heavy atom. The zero-order valence-electron chi connectivity index (χ0n) is 10.5. The first-order chi connectivity index (χ1) is 9.58. The van der Waals surface area contributed by atoms with Crippen molar-refractivity contribution in [3.05, 3.63) is 37.8 Å². The summed E-state index contributed by atoms with van der Waals surface area (Å²) in [6.07, 6.45) is 0. The minimum Gasteiger partial charge on any atom is -0.486 e. The van der Waals surface area contributed by atoms with Crippen molar-refractivity contribution in [2.75, 3.05) is 11.9 Å². The van der Waals surface area contributed by atoms with Crippen molar-refractivity contribution in [2.45, 2.75) is 13.5 Å². The minimum absolute atomic E-state index is 0.0278. The van der Waals surface area contributed by atoms with Crippen LogP contribution in [0.4, 0.5) is 10.8 Å². The molecule has 0 spiro atoms. The van der Waals surface area contributed by atoms with Crippen LogP contribution in [0.3, 0.4) is 0 Å². The van der Waals surface area contributed by atoms with Gasteiger partial charge in [-0.2, -0.15) is 0 Å². The van der Waals surface area contributed by atoms with E-state index in [9.17, 15) is 10.1 Å². The molecule has 0 saturated carbocycles. The Morgan fingerprint density at radius 3 is 2.95 bits per heavy atom. The van der Waals surface area contributed by atoms with Gasteiger partial charge in [-0.1, -0.05) is 27.3 Å². The number of non-ortho nitro benzene ring substituents is 1. The van der Waals surface area contributed by atoms with Gasteiger partial charge in [0.1, 0.15) is 12.4 Å². The summed E-state index contributed by atoms with van der Waals surface area (Å²) in [5.74, 6) is 0.409. The number of anilines is 1. The highest BCUT2D eigenvalue weighted by Crippen LogP contribution is 2.27. The molecule has 7 nitrogen and oxygen atoms in total. The summed E-state index contributed by atoms with van der Waals surface area (Å²) in [7, 11) is 0. The average Bonchev–Trinajstić information content (AvgIpc) is 2.84. The molecular weight excluding hydrogens is 348 g/mol. The van der Waals surface area contributed by atoms with E-state index in [-0.39, 0.29) is 12.3 Å². The monoisotopic (exact) mass is 358 g/mol. The normalized spacial score (nSPS) is 10.3. The lowest BCUT2D eigenvalue weighted by Crippen LogP contribution is -1.96. The maximum Gasteiger partial charge on any atom is 0.274 e. The van der Waals surface area contributed by atoms with Crippen molar-refractivity contribution in [3.8, 4) is 5.75 Å². The van der Waals surface area contributed by atoms with E-state index in [1.54, 1.807) is 6.07 Å². The summed E-state index contributed by atoms with van der Waals surface area (Å²) in [5.41, 5.74) is -0.0278. The molecule has 20 heavy (non-hydrogen) atoms. The number of nitrogens with zero attached hydrogens (tertiary/aromatic N) is 3. The fourth-order valence-corrected chi connectivity index (χ4v) is 2.60. The van der Waals surface area contributed by atoms with E-state index in [0.717, 1.165) is 11.7 Å². The van der Waals surface area contributed by atoms with E-state index in [1.165, 1.54) is 23.5 Å². The molecule has 0 bridgehead atoms. The Kier molecular flexibility index (Phi) is 4.85. The summed E-state index contributed by atoms with van der Waals surface area (Å²) in [6.45, 7) is 2.96. The average molecular weight is 359 g/mol. The first kappa shape index (κ1) is 14.7. The molecule has 9 heteroatoms. The first-order valence-electron chi connectivity index (χ1n) is 5.72. The lowest BCUT2D eigenvalue weighted by atomic mass is 10.3. The number of nitro groups is 1. The summed E-state index contributed by atoms with van der Waals surface area (Å²) in [4.78, 5) is 10.3. The molecule has 0 radical (unpaired) electrons. The van der Waals surface area contributed by atoms with E-state index >= 15 is 0 Å². The van der Waals surface area contributed by atoms with Crippen molar-refractivity contribution in [1.82, 2.24) is 10.2 Å². The van der Waals surface area contributed by atoms with E-state index in [2.05, 4.69) is 31.4 Å². The van der Waals surface area contributed by atoms with E-state index in [4.69, 9.17) is 4.74 Å². The summed E-state index contributed by atoms with van der Waals surface area (Å²) >= 11 is 4.60. The van der Waals surface area contributed by atoms with Crippen molar-refractivity contribution in [2.24, 2.45) is 0 Å². The molecule has 2 aromatic rings.